The fourth-order valence-corrected chi connectivity index (χ4v) is 5.88. The number of imidazole rings is 1. The van der Waals surface area contributed by atoms with Crippen LogP contribution in [0, 0.1) is 11.8 Å². The van der Waals surface area contributed by atoms with E-state index in [1.54, 1.807) is 4.90 Å². The van der Waals surface area contributed by atoms with Crippen LogP contribution in [0.4, 0.5) is 4.39 Å². The van der Waals surface area contributed by atoms with E-state index in [4.69, 9.17) is 20.2 Å². The van der Waals surface area contributed by atoms with Crippen LogP contribution in [0.2, 0.25) is 0 Å². The molecule has 1 atom stereocenters. The largest absolute Gasteiger partial charge is 0.491 e. The first-order valence-electron chi connectivity index (χ1n) is 13.9. The van der Waals surface area contributed by atoms with Crippen LogP contribution in [0.3, 0.4) is 0 Å². The van der Waals surface area contributed by atoms with Crippen molar-refractivity contribution < 1.29 is 18.7 Å². The van der Waals surface area contributed by atoms with Crippen LogP contribution in [0.15, 0.2) is 36.4 Å². The van der Waals surface area contributed by atoms with Gasteiger partial charge in [-0.3, -0.25) is 4.79 Å². The minimum absolute atomic E-state index is 0.101. The molecule has 4 aromatic rings. The maximum atomic E-state index is 13.2. The van der Waals surface area contributed by atoms with Crippen molar-refractivity contribution >= 4 is 27.8 Å². The van der Waals surface area contributed by atoms with E-state index in [-0.39, 0.29) is 12.5 Å². The molecule has 0 unspecified atom stereocenters. The molecule has 2 N–H and O–H groups in total. The Morgan fingerprint density at radius 3 is 2.79 bits per heavy atom. The fourth-order valence-electron chi connectivity index (χ4n) is 5.88. The van der Waals surface area contributed by atoms with Crippen molar-refractivity contribution in [3.8, 4) is 17.3 Å². The Balaban J connectivity index is 1.30. The highest BCUT2D eigenvalue weighted by Crippen LogP contribution is 2.39. The standard InChI is InChI=1S/C30H34FN5O3/c1-34-25-9-20-7-8-35(14-22(32)12-31)30(37)23(20)11-24(25)33-29(34)26-10-21-3-2-4-27(39-17-19-15-38-16-19)28(21)36(26)13-18-5-6-18/h2-4,9-11,18-19,22H,5-8,12-17,32H2,1H3/t22-/m1/s1. The highest BCUT2D eigenvalue weighted by molar-refractivity contribution is 6.01. The van der Waals surface area contributed by atoms with E-state index in [2.05, 4.69) is 39.5 Å². The molecular weight excluding hydrogens is 497 g/mol. The van der Waals surface area contributed by atoms with E-state index in [0.717, 1.165) is 64.5 Å². The van der Waals surface area contributed by atoms with Crippen LogP contribution in [-0.4, -0.2) is 70.6 Å². The second-order valence-corrected chi connectivity index (χ2v) is 11.4. The molecule has 7 rings (SSSR count). The van der Waals surface area contributed by atoms with Crippen LogP contribution >= 0.6 is 0 Å². The van der Waals surface area contributed by atoms with Crippen LogP contribution in [0.25, 0.3) is 33.5 Å². The third-order valence-corrected chi connectivity index (χ3v) is 8.36. The number of carbonyl (C=O) groups excluding carboxylic acids is 1. The Morgan fingerprint density at radius 1 is 1.21 bits per heavy atom. The minimum atomic E-state index is -0.662. The zero-order chi connectivity index (χ0) is 26.7. The molecule has 3 aliphatic rings. The number of amides is 1. The van der Waals surface area contributed by atoms with Gasteiger partial charge in [0.1, 0.15) is 12.4 Å². The predicted octanol–water partition coefficient (Wildman–Crippen LogP) is 3.93. The van der Waals surface area contributed by atoms with Crippen LogP contribution in [0.1, 0.15) is 28.8 Å². The summed E-state index contributed by atoms with van der Waals surface area (Å²) in [6.45, 7) is 3.22. The number of aromatic nitrogens is 3. The number of rotatable bonds is 9. The van der Waals surface area contributed by atoms with Crippen molar-refractivity contribution in [3.05, 3.63) is 47.5 Å². The monoisotopic (exact) mass is 531 g/mol. The number of hydrogen-bond acceptors (Lipinski definition) is 5. The van der Waals surface area contributed by atoms with Crippen molar-refractivity contribution in [2.24, 2.45) is 24.6 Å². The molecular formula is C30H34FN5O3. The van der Waals surface area contributed by atoms with Gasteiger partial charge in [-0.2, -0.15) is 0 Å². The van der Waals surface area contributed by atoms with E-state index < -0.39 is 12.7 Å². The number of alkyl halides is 1. The summed E-state index contributed by atoms with van der Waals surface area (Å²) in [4.78, 5) is 20.0. The van der Waals surface area contributed by atoms with E-state index in [0.29, 0.717) is 37.0 Å². The minimum Gasteiger partial charge on any atom is -0.491 e. The van der Waals surface area contributed by atoms with Gasteiger partial charge in [-0.05, 0) is 55.0 Å². The highest BCUT2D eigenvalue weighted by atomic mass is 19.1. The van der Waals surface area contributed by atoms with Gasteiger partial charge >= 0.3 is 0 Å². The van der Waals surface area contributed by atoms with Gasteiger partial charge in [0.15, 0.2) is 5.82 Å². The van der Waals surface area contributed by atoms with E-state index in [9.17, 15) is 9.18 Å². The molecule has 2 aliphatic heterocycles. The Hall–Kier alpha value is -3.43. The lowest BCUT2D eigenvalue weighted by Crippen LogP contribution is -2.45. The third-order valence-electron chi connectivity index (χ3n) is 8.36. The molecule has 4 heterocycles. The molecule has 1 saturated carbocycles. The number of ether oxygens (including phenoxy) is 2. The number of nitrogens with two attached hydrogens (primary N) is 1. The Morgan fingerprint density at radius 2 is 2.05 bits per heavy atom. The first kappa shape index (κ1) is 24.6. The SMILES string of the molecule is Cn1c(-c2cc3cccc(OCC4COC4)c3n2CC2CC2)nc2cc3c(cc21)CCN(C[C@H](N)CF)C3=O. The molecule has 0 spiro atoms. The summed E-state index contributed by atoms with van der Waals surface area (Å²) in [5.74, 6) is 2.78. The number of benzene rings is 2. The number of aryl methyl sites for hydroxylation is 1. The summed E-state index contributed by atoms with van der Waals surface area (Å²) < 4.78 is 29.2. The number of carbonyl (C=O) groups is 1. The Labute approximate surface area is 226 Å². The maximum Gasteiger partial charge on any atom is 0.254 e. The molecule has 39 heavy (non-hydrogen) atoms. The summed E-state index contributed by atoms with van der Waals surface area (Å²) >= 11 is 0. The van der Waals surface area contributed by atoms with Crippen LogP contribution in [0.5, 0.6) is 5.75 Å². The number of fused-ring (bicyclic) bond motifs is 3. The molecule has 0 radical (unpaired) electrons. The summed E-state index contributed by atoms with van der Waals surface area (Å²) in [6, 6.07) is 11.8. The number of halogens is 1. The van der Waals surface area contributed by atoms with Gasteiger partial charge in [-0.1, -0.05) is 12.1 Å². The molecule has 0 bridgehead atoms. The van der Waals surface area contributed by atoms with Gasteiger partial charge in [-0.25, -0.2) is 9.37 Å². The second kappa shape index (κ2) is 9.64. The van der Waals surface area contributed by atoms with Gasteiger partial charge in [0.2, 0.25) is 0 Å². The molecule has 2 fully saturated rings. The third kappa shape index (κ3) is 4.37. The maximum absolute atomic E-state index is 13.2. The van der Waals surface area contributed by atoms with Crippen molar-refractivity contribution in [1.29, 1.82) is 0 Å². The molecule has 2 aromatic carbocycles. The average molecular weight is 532 g/mol. The predicted molar refractivity (Wildman–Crippen MR) is 148 cm³/mol. The molecule has 2 aromatic heterocycles. The fraction of sp³-hybridized carbons (Fsp3) is 0.467. The van der Waals surface area contributed by atoms with Gasteiger partial charge in [0.25, 0.3) is 5.91 Å². The van der Waals surface area contributed by atoms with Gasteiger partial charge in [0, 0.05) is 43.5 Å². The van der Waals surface area contributed by atoms with Gasteiger partial charge in [-0.15, -0.1) is 0 Å². The smallest absolute Gasteiger partial charge is 0.254 e. The van der Waals surface area contributed by atoms with Crippen molar-refractivity contribution in [2.45, 2.75) is 31.8 Å². The van der Waals surface area contributed by atoms with Crippen molar-refractivity contribution in [3.63, 3.8) is 0 Å². The molecule has 204 valence electrons. The molecule has 1 amide bonds. The molecule has 1 aliphatic carbocycles. The first-order valence-corrected chi connectivity index (χ1v) is 13.9. The van der Waals surface area contributed by atoms with E-state index >= 15 is 0 Å². The average Bonchev–Trinajstić information content (AvgIpc) is 3.58. The van der Waals surface area contributed by atoms with Crippen molar-refractivity contribution in [1.82, 2.24) is 19.0 Å². The quantitative estimate of drug-likeness (QED) is 0.354. The second-order valence-electron chi connectivity index (χ2n) is 11.4. The zero-order valence-corrected chi connectivity index (χ0v) is 22.2. The normalized spacial score (nSPS) is 18.5. The number of para-hydroxylation sites is 1. The topological polar surface area (TPSA) is 87.5 Å². The van der Waals surface area contributed by atoms with E-state index in [1.807, 2.05) is 13.1 Å². The highest BCUT2D eigenvalue weighted by Gasteiger charge is 2.29. The summed E-state index contributed by atoms with van der Waals surface area (Å²) in [5, 5.41) is 1.13. The van der Waals surface area contributed by atoms with Crippen LogP contribution in [-0.2, 0) is 24.8 Å². The number of nitrogens with zero attached hydrogens (tertiary/aromatic N) is 4. The summed E-state index contributed by atoms with van der Waals surface area (Å²) in [5.41, 5.74) is 11.4. The van der Waals surface area contributed by atoms with Gasteiger partial charge in [0.05, 0.1) is 48.1 Å². The Kier molecular flexibility index (Phi) is 6.08. The molecule has 9 heteroatoms. The van der Waals surface area contributed by atoms with Crippen LogP contribution < -0.4 is 10.5 Å². The van der Waals surface area contributed by atoms with Crippen molar-refractivity contribution in [2.75, 3.05) is 39.6 Å². The molecule has 1 saturated heterocycles. The summed E-state index contributed by atoms with van der Waals surface area (Å²) in [7, 11) is 2.04. The number of hydrogen-bond donors (Lipinski definition) is 1. The first-order chi connectivity index (χ1) is 19.0. The Bertz CT molecular complexity index is 1570. The van der Waals surface area contributed by atoms with Gasteiger partial charge < -0.3 is 29.2 Å². The molecule has 8 nitrogen and oxygen atoms in total. The zero-order valence-electron chi connectivity index (χ0n) is 22.2. The summed E-state index contributed by atoms with van der Waals surface area (Å²) in [6.07, 6.45) is 3.19. The lowest BCUT2D eigenvalue weighted by atomic mass is 9.97. The van der Waals surface area contributed by atoms with E-state index in [1.165, 1.54) is 12.8 Å². The lowest BCUT2D eigenvalue weighted by Gasteiger charge is -2.30. The lowest BCUT2D eigenvalue weighted by molar-refractivity contribution is -0.0506.